The van der Waals surface area contributed by atoms with Crippen LogP contribution in [0.2, 0.25) is 0 Å². The molecule has 0 fully saturated rings. The molecule has 0 aromatic heterocycles. The van der Waals surface area contributed by atoms with Gasteiger partial charge < -0.3 is 14.2 Å². The summed E-state index contributed by atoms with van der Waals surface area (Å²) >= 11 is 0. The summed E-state index contributed by atoms with van der Waals surface area (Å²) in [7, 11) is 0. The Morgan fingerprint density at radius 1 is 0.247 bits per heavy atom. The molecule has 0 aliphatic carbocycles. The highest BCUT2D eigenvalue weighted by atomic mass is 16.6. The zero-order chi connectivity index (χ0) is 55.7. The molecule has 0 aliphatic rings. The molecule has 0 rings (SSSR count). The van der Waals surface area contributed by atoms with Gasteiger partial charge in [0.1, 0.15) is 13.2 Å². The van der Waals surface area contributed by atoms with Crippen LogP contribution in [0.15, 0.2) is 24.3 Å². The Morgan fingerprint density at radius 2 is 0.429 bits per heavy atom. The van der Waals surface area contributed by atoms with Crippen molar-refractivity contribution in [2.45, 2.75) is 399 Å². The fourth-order valence-electron chi connectivity index (χ4n) is 10.7. The topological polar surface area (TPSA) is 78.9 Å². The molecule has 77 heavy (non-hydrogen) atoms. The quantitative estimate of drug-likeness (QED) is 0.0261. The van der Waals surface area contributed by atoms with Gasteiger partial charge in [0.15, 0.2) is 6.10 Å². The molecular formula is C71H134O6. The summed E-state index contributed by atoms with van der Waals surface area (Å²) in [5, 5.41) is 0. The molecule has 0 saturated carbocycles. The molecule has 0 aromatic carbocycles. The Hall–Kier alpha value is -2.11. The largest absolute Gasteiger partial charge is 0.462 e. The molecule has 0 heterocycles. The highest BCUT2D eigenvalue weighted by Gasteiger charge is 2.19. The van der Waals surface area contributed by atoms with Crippen molar-refractivity contribution in [1.82, 2.24) is 0 Å². The molecule has 0 amide bonds. The summed E-state index contributed by atoms with van der Waals surface area (Å²) in [6.45, 7) is 6.70. The molecule has 1 atom stereocenters. The number of unbranched alkanes of at least 4 members (excludes halogenated alkanes) is 50. The molecule has 0 saturated heterocycles. The maximum Gasteiger partial charge on any atom is 0.306 e. The molecular weight excluding hydrogens is 949 g/mol. The SMILES string of the molecule is CCCCCCCC/C=C\CCCCCCCCCC(=O)OC(COC(=O)CCCCCCCCCCCCCCC)COC(=O)CCCCCCCCCCCCCCCCCCC/C=C\CCCCCCCCCC. The number of carbonyl (C=O) groups is 3. The van der Waals surface area contributed by atoms with Gasteiger partial charge in [-0.05, 0) is 70.6 Å². The number of carbonyl (C=O) groups excluding carboxylic acids is 3. The molecule has 0 bridgehead atoms. The second kappa shape index (κ2) is 66.4. The van der Waals surface area contributed by atoms with Gasteiger partial charge in [-0.25, -0.2) is 0 Å². The van der Waals surface area contributed by atoms with Crippen molar-refractivity contribution in [1.29, 1.82) is 0 Å². The maximum absolute atomic E-state index is 12.9. The van der Waals surface area contributed by atoms with E-state index in [0.717, 1.165) is 57.8 Å². The van der Waals surface area contributed by atoms with Crippen molar-refractivity contribution in [2.75, 3.05) is 13.2 Å². The molecule has 454 valence electrons. The molecule has 0 spiro atoms. The van der Waals surface area contributed by atoms with Gasteiger partial charge in [0.25, 0.3) is 0 Å². The Balaban J connectivity index is 4.16. The van der Waals surface area contributed by atoms with E-state index in [1.165, 1.54) is 295 Å². The fraction of sp³-hybridized carbons (Fsp3) is 0.901. The fourth-order valence-corrected chi connectivity index (χ4v) is 10.7. The van der Waals surface area contributed by atoms with Crippen LogP contribution in [0.5, 0.6) is 0 Å². The highest BCUT2D eigenvalue weighted by Crippen LogP contribution is 2.18. The predicted octanol–water partition coefficient (Wildman–Crippen LogP) is 23.8. The van der Waals surface area contributed by atoms with Crippen molar-refractivity contribution in [3.63, 3.8) is 0 Å². The van der Waals surface area contributed by atoms with E-state index < -0.39 is 6.10 Å². The van der Waals surface area contributed by atoms with Crippen LogP contribution in [-0.4, -0.2) is 37.2 Å². The van der Waals surface area contributed by atoms with E-state index >= 15 is 0 Å². The summed E-state index contributed by atoms with van der Waals surface area (Å²) in [6.07, 6.45) is 80.7. The Kier molecular flexibility index (Phi) is 64.6. The Labute approximate surface area is 481 Å². The van der Waals surface area contributed by atoms with Gasteiger partial charge in [0.05, 0.1) is 0 Å². The van der Waals surface area contributed by atoms with E-state index in [0.29, 0.717) is 19.3 Å². The monoisotopic (exact) mass is 1080 g/mol. The summed E-state index contributed by atoms with van der Waals surface area (Å²) < 4.78 is 17.0. The first-order valence-corrected chi connectivity index (χ1v) is 34.8. The number of esters is 3. The third-order valence-electron chi connectivity index (χ3n) is 15.9. The lowest BCUT2D eigenvalue weighted by molar-refractivity contribution is -0.167. The van der Waals surface area contributed by atoms with Gasteiger partial charge in [-0.3, -0.25) is 14.4 Å². The molecule has 0 aliphatic heterocycles. The van der Waals surface area contributed by atoms with E-state index in [1.54, 1.807) is 0 Å². The normalized spacial score (nSPS) is 12.1. The summed E-state index contributed by atoms with van der Waals surface area (Å²) in [5.74, 6) is -0.842. The molecule has 6 nitrogen and oxygen atoms in total. The average Bonchev–Trinajstić information content (AvgIpc) is 3.43. The second-order valence-electron chi connectivity index (χ2n) is 23.8. The first-order chi connectivity index (χ1) is 38.0. The number of hydrogen-bond acceptors (Lipinski definition) is 6. The lowest BCUT2D eigenvalue weighted by atomic mass is 10.0. The van der Waals surface area contributed by atoms with Crippen LogP contribution in [0.25, 0.3) is 0 Å². The Morgan fingerprint density at radius 3 is 0.649 bits per heavy atom. The van der Waals surface area contributed by atoms with E-state index in [9.17, 15) is 14.4 Å². The van der Waals surface area contributed by atoms with Crippen LogP contribution in [0.4, 0.5) is 0 Å². The van der Waals surface area contributed by atoms with Crippen molar-refractivity contribution < 1.29 is 28.6 Å². The van der Waals surface area contributed by atoms with Crippen molar-refractivity contribution in [2.24, 2.45) is 0 Å². The van der Waals surface area contributed by atoms with Crippen molar-refractivity contribution in [3.8, 4) is 0 Å². The zero-order valence-electron chi connectivity index (χ0n) is 52.3. The first kappa shape index (κ1) is 74.9. The summed E-state index contributed by atoms with van der Waals surface area (Å²) in [5.41, 5.74) is 0. The van der Waals surface area contributed by atoms with E-state index in [2.05, 4.69) is 45.1 Å². The lowest BCUT2D eigenvalue weighted by Crippen LogP contribution is -2.30. The van der Waals surface area contributed by atoms with Gasteiger partial charge in [0.2, 0.25) is 0 Å². The molecule has 1 unspecified atom stereocenters. The van der Waals surface area contributed by atoms with Crippen LogP contribution >= 0.6 is 0 Å². The van der Waals surface area contributed by atoms with Gasteiger partial charge in [0, 0.05) is 19.3 Å². The van der Waals surface area contributed by atoms with E-state index in [-0.39, 0.29) is 31.1 Å². The number of hydrogen-bond donors (Lipinski definition) is 0. The van der Waals surface area contributed by atoms with Crippen LogP contribution in [-0.2, 0) is 28.6 Å². The van der Waals surface area contributed by atoms with Crippen LogP contribution < -0.4 is 0 Å². The van der Waals surface area contributed by atoms with Gasteiger partial charge in [-0.2, -0.15) is 0 Å². The maximum atomic E-state index is 12.9. The standard InChI is InChI=1S/C71H134O6/c1-4-7-10-13-16-19-22-25-27-29-30-31-32-33-34-35-36-37-38-39-40-42-43-46-49-52-55-58-61-64-70(73)76-67-68(66-75-69(72)63-60-57-54-51-48-45-24-21-18-15-12-9-6-3)77-71(74)65-62-59-56-53-50-47-44-41-28-26-23-20-17-14-11-8-5-2/h26,28-30,68H,4-25,27,31-67H2,1-3H3/b28-26-,30-29-. The molecule has 0 N–H and O–H groups in total. The van der Waals surface area contributed by atoms with Gasteiger partial charge in [-0.1, -0.05) is 328 Å². The minimum atomic E-state index is -0.770. The van der Waals surface area contributed by atoms with Crippen molar-refractivity contribution in [3.05, 3.63) is 24.3 Å². The van der Waals surface area contributed by atoms with Gasteiger partial charge >= 0.3 is 17.9 Å². The molecule has 0 aromatic rings. The molecule has 6 heteroatoms. The summed E-state index contributed by atoms with van der Waals surface area (Å²) in [4.78, 5) is 38.3. The Bertz CT molecular complexity index is 1240. The number of ether oxygens (including phenoxy) is 3. The molecule has 0 radical (unpaired) electrons. The highest BCUT2D eigenvalue weighted by molar-refractivity contribution is 5.71. The average molecular weight is 1080 g/mol. The van der Waals surface area contributed by atoms with E-state index in [4.69, 9.17) is 14.2 Å². The first-order valence-electron chi connectivity index (χ1n) is 34.8. The second-order valence-corrected chi connectivity index (χ2v) is 23.8. The van der Waals surface area contributed by atoms with Crippen LogP contribution in [0.3, 0.4) is 0 Å². The predicted molar refractivity (Wildman–Crippen MR) is 335 cm³/mol. The van der Waals surface area contributed by atoms with Gasteiger partial charge in [-0.15, -0.1) is 0 Å². The van der Waals surface area contributed by atoms with Crippen LogP contribution in [0.1, 0.15) is 393 Å². The van der Waals surface area contributed by atoms with Crippen LogP contribution in [0, 0.1) is 0 Å². The third kappa shape index (κ3) is 64.6. The van der Waals surface area contributed by atoms with E-state index in [1.807, 2.05) is 0 Å². The lowest BCUT2D eigenvalue weighted by Gasteiger charge is -2.18. The zero-order valence-corrected chi connectivity index (χ0v) is 52.3. The number of rotatable bonds is 65. The number of allylic oxidation sites excluding steroid dienone is 4. The smallest absolute Gasteiger partial charge is 0.306 e. The van der Waals surface area contributed by atoms with Crippen molar-refractivity contribution >= 4 is 17.9 Å². The third-order valence-corrected chi connectivity index (χ3v) is 15.9. The summed E-state index contributed by atoms with van der Waals surface area (Å²) in [6, 6.07) is 0. The minimum absolute atomic E-state index is 0.0669. The minimum Gasteiger partial charge on any atom is -0.462 e.